The number of benzene rings is 1. The lowest BCUT2D eigenvalue weighted by Gasteiger charge is -2.46. The molecule has 0 radical (unpaired) electrons. The SMILES string of the molecule is CC1(CN(Cc2ccc(F)cn2)C(=O)O)CCCC(C)(Cn2cnc3ccc(C#N)cc32)C1. The van der Waals surface area contributed by atoms with Crippen LogP contribution in [0, 0.1) is 28.0 Å². The van der Waals surface area contributed by atoms with E-state index in [1.54, 1.807) is 6.07 Å². The number of imidazole rings is 1. The molecule has 172 valence electrons. The molecule has 0 bridgehead atoms. The van der Waals surface area contributed by atoms with Crippen LogP contribution in [0.3, 0.4) is 0 Å². The van der Waals surface area contributed by atoms with Crippen molar-refractivity contribution in [3.63, 3.8) is 0 Å². The lowest BCUT2D eigenvalue weighted by molar-refractivity contribution is 0.0362. The van der Waals surface area contributed by atoms with Crippen LogP contribution < -0.4 is 0 Å². The highest BCUT2D eigenvalue weighted by atomic mass is 19.1. The van der Waals surface area contributed by atoms with Gasteiger partial charge in [0.25, 0.3) is 0 Å². The number of halogens is 1. The van der Waals surface area contributed by atoms with Crippen molar-refractivity contribution in [1.82, 2.24) is 19.4 Å². The number of pyridine rings is 1. The van der Waals surface area contributed by atoms with Crippen LogP contribution in [0.5, 0.6) is 0 Å². The zero-order valence-electron chi connectivity index (χ0n) is 19.0. The lowest BCUT2D eigenvalue weighted by atomic mass is 9.63. The van der Waals surface area contributed by atoms with Gasteiger partial charge in [-0.05, 0) is 60.4 Å². The van der Waals surface area contributed by atoms with Gasteiger partial charge in [0.2, 0.25) is 0 Å². The molecule has 0 aliphatic heterocycles. The Morgan fingerprint density at radius 1 is 1.24 bits per heavy atom. The van der Waals surface area contributed by atoms with E-state index in [0.29, 0.717) is 17.8 Å². The average Bonchev–Trinajstić information content (AvgIpc) is 3.15. The summed E-state index contributed by atoms with van der Waals surface area (Å²) in [5, 5.41) is 19.1. The minimum atomic E-state index is -1.00. The molecule has 4 rings (SSSR count). The molecule has 8 heteroatoms. The Kier molecular flexibility index (Phi) is 6.07. The van der Waals surface area contributed by atoms with Crippen LogP contribution >= 0.6 is 0 Å². The largest absolute Gasteiger partial charge is 0.465 e. The number of hydrogen-bond acceptors (Lipinski definition) is 4. The van der Waals surface area contributed by atoms with Crippen LogP contribution in [0.1, 0.15) is 50.8 Å². The Morgan fingerprint density at radius 2 is 2.03 bits per heavy atom. The Hall–Kier alpha value is -3.47. The zero-order chi connectivity index (χ0) is 23.6. The van der Waals surface area contributed by atoms with Gasteiger partial charge in [0.15, 0.2) is 0 Å². The zero-order valence-corrected chi connectivity index (χ0v) is 19.0. The first-order valence-electron chi connectivity index (χ1n) is 11.1. The van der Waals surface area contributed by atoms with E-state index in [9.17, 15) is 19.6 Å². The Balaban J connectivity index is 1.51. The monoisotopic (exact) mass is 449 g/mol. The van der Waals surface area contributed by atoms with E-state index in [1.165, 1.54) is 17.0 Å². The molecule has 1 fully saturated rings. The molecule has 0 saturated heterocycles. The molecule has 7 nitrogen and oxygen atoms in total. The molecule has 33 heavy (non-hydrogen) atoms. The van der Waals surface area contributed by atoms with E-state index in [2.05, 4.69) is 34.5 Å². The number of hydrogen-bond donors (Lipinski definition) is 1. The number of rotatable bonds is 6. The van der Waals surface area contributed by atoms with Gasteiger partial charge in [-0.1, -0.05) is 20.3 Å². The van der Waals surface area contributed by atoms with Gasteiger partial charge < -0.3 is 14.6 Å². The molecule has 1 amide bonds. The van der Waals surface area contributed by atoms with Gasteiger partial charge in [-0.3, -0.25) is 4.98 Å². The van der Waals surface area contributed by atoms with Crippen molar-refractivity contribution >= 4 is 17.1 Å². The van der Waals surface area contributed by atoms with Crippen LogP contribution in [-0.2, 0) is 13.1 Å². The number of nitriles is 1. The van der Waals surface area contributed by atoms with Gasteiger partial charge in [0.1, 0.15) is 5.82 Å². The molecule has 2 atom stereocenters. The summed E-state index contributed by atoms with van der Waals surface area (Å²) >= 11 is 0. The van der Waals surface area contributed by atoms with Gasteiger partial charge in [-0.25, -0.2) is 14.2 Å². The summed E-state index contributed by atoms with van der Waals surface area (Å²) in [6, 6.07) is 10.5. The first kappa shape index (κ1) is 22.7. The van der Waals surface area contributed by atoms with E-state index in [0.717, 1.165) is 49.5 Å². The maximum absolute atomic E-state index is 13.2. The first-order valence-corrected chi connectivity index (χ1v) is 11.1. The molecule has 1 saturated carbocycles. The van der Waals surface area contributed by atoms with E-state index in [1.807, 2.05) is 18.5 Å². The topological polar surface area (TPSA) is 95.0 Å². The van der Waals surface area contributed by atoms with E-state index >= 15 is 0 Å². The number of carboxylic acid groups (broad SMARTS) is 1. The van der Waals surface area contributed by atoms with Crippen LogP contribution in [0.2, 0.25) is 0 Å². The third kappa shape index (κ3) is 5.14. The standard InChI is InChI=1S/C25H28FN5O2/c1-24(15-30(23(32)33)13-20-6-5-19(26)12-28-20)8-3-9-25(2,14-24)16-31-17-29-21-7-4-18(11-27)10-22(21)31/h4-7,10,12,17H,3,8-9,13-16H2,1-2H3,(H,32,33). The lowest BCUT2D eigenvalue weighted by Crippen LogP contribution is -2.44. The molecular weight excluding hydrogens is 421 g/mol. The van der Waals surface area contributed by atoms with Crippen molar-refractivity contribution in [2.75, 3.05) is 6.54 Å². The van der Waals surface area contributed by atoms with Crippen molar-refractivity contribution in [2.24, 2.45) is 10.8 Å². The van der Waals surface area contributed by atoms with Crippen LogP contribution in [0.15, 0.2) is 42.9 Å². The predicted octanol–water partition coefficient (Wildman–Crippen LogP) is 5.21. The highest BCUT2D eigenvalue weighted by Crippen LogP contribution is 2.48. The summed E-state index contributed by atoms with van der Waals surface area (Å²) in [7, 11) is 0. The molecule has 1 aromatic carbocycles. The Bertz CT molecular complexity index is 1200. The molecule has 2 unspecified atom stereocenters. The van der Waals surface area contributed by atoms with Crippen molar-refractivity contribution in [2.45, 2.75) is 52.6 Å². The summed E-state index contributed by atoms with van der Waals surface area (Å²) in [6.07, 6.45) is 5.77. The van der Waals surface area contributed by atoms with Gasteiger partial charge in [-0.2, -0.15) is 5.26 Å². The highest BCUT2D eigenvalue weighted by Gasteiger charge is 2.41. The molecule has 1 aliphatic carbocycles. The molecule has 3 aromatic rings. The van der Waals surface area contributed by atoms with Gasteiger partial charge in [-0.15, -0.1) is 0 Å². The van der Waals surface area contributed by atoms with Crippen LogP contribution in [0.25, 0.3) is 11.0 Å². The maximum Gasteiger partial charge on any atom is 0.407 e. The predicted molar refractivity (Wildman–Crippen MR) is 122 cm³/mol. The second-order valence-electron chi connectivity index (χ2n) is 9.95. The summed E-state index contributed by atoms with van der Waals surface area (Å²) in [5.74, 6) is -0.440. The normalized spacial score (nSPS) is 22.7. The molecular formula is C25H28FN5O2. The quantitative estimate of drug-likeness (QED) is 0.557. The summed E-state index contributed by atoms with van der Waals surface area (Å²) in [6.45, 7) is 5.67. The second-order valence-corrected chi connectivity index (χ2v) is 9.95. The number of nitrogens with zero attached hydrogens (tertiary/aromatic N) is 5. The van der Waals surface area contributed by atoms with Crippen molar-refractivity contribution < 1.29 is 14.3 Å². The summed E-state index contributed by atoms with van der Waals surface area (Å²) < 4.78 is 15.3. The van der Waals surface area contributed by atoms with Gasteiger partial charge in [0.05, 0.1) is 47.4 Å². The fourth-order valence-electron chi connectivity index (χ4n) is 5.43. The van der Waals surface area contributed by atoms with Gasteiger partial charge in [0, 0.05) is 13.1 Å². The smallest absolute Gasteiger partial charge is 0.407 e. The summed E-state index contributed by atoms with van der Waals surface area (Å²) in [4.78, 5) is 21.9. The Morgan fingerprint density at radius 3 is 2.73 bits per heavy atom. The molecule has 1 aliphatic rings. The number of carbonyl (C=O) groups is 1. The van der Waals surface area contributed by atoms with Crippen LogP contribution in [-0.4, -0.2) is 37.2 Å². The number of fused-ring (bicyclic) bond motifs is 1. The third-order valence-corrected chi connectivity index (χ3v) is 6.70. The fraction of sp³-hybridized carbons (Fsp3) is 0.440. The fourth-order valence-corrected chi connectivity index (χ4v) is 5.43. The summed E-state index contributed by atoms with van der Waals surface area (Å²) in [5.41, 5.74) is 2.70. The number of amides is 1. The highest BCUT2D eigenvalue weighted by molar-refractivity contribution is 5.77. The van der Waals surface area contributed by atoms with Gasteiger partial charge >= 0.3 is 6.09 Å². The van der Waals surface area contributed by atoms with Crippen molar-refractivity contribution in [1.29, 1.82) is 5.26 Å². The minimum absolute atomic E-state index is 0.0401. The van der Waals surface area contributed by atoms with E-state index in [-0.39, 0.29) is 17.4 Å². The molecule has 2 heterocycles. The minimum Gasteiger partial charge on any atom is -0.465 e. The van der Waals surface area contributed by atoms with Crippen molar-refractivity contribution in [3.8, 4) is 6.07 Å². The molecule has 2 aromatic heterocycles. The van der Waals surface area contributed by atoms with E-state index in [4.69, 9.17) is 0 Å². The average molecular weight is 450 g/mol. The molecule has 1 N–H and O–H groups in total. The maximum atomic E-state index is 13.2. The first-order chi connectivity index (χ1) is 15.7. The molecule has 0 spiro atoms. The second kappa shape index (κ2) is 8.81. The van der Waals surface area contributed by atoms with Crippen LogP contribution in [0.4, 0.5) is 9.18 Å². The number of aromatic nitrogens is 3. The third-order valence-electron chi connectivity index (χ3n) is 6.70. The van der Waals surface area contributed by atoms with E-state index < -0.39 is 11.9 Å². The Labute approximate surface area is 192 Å². The van der Waals surface area contributed by atoms with Crippen molar-refractivity contribution in [3.05, 3.63) is 59.9 Å².